The Bertz CT molecular complexity index is 654. The summed E-state index contributed by atoms with van der Waals surface area (Å²) in [5, 5.41) is 0. The van der Waals surface area contributed by atoms with Crippen LogP contribution >= 0.6 is 0 Å². The van der Waals surface area contributed by atoms with E-state index in [2.05, 4.69) is 4.72 Å². The SMILES string of the molecule is CN1C(=O)c2ccc(S(=O)(=O)NCCN)cc2C1=O. The quantitative estimate of drug-likeness (QED) is 0.699. The van der Waals surface area contributed by atoms with Gasteiger partial charge in [0.25, 0.3) is 11.8 Å². The molecule has 1 aromatic rings. The van der Waals surface area contributed by atoms with E-state index >= 15 is 0 Å². The van der Waals surface area contributed by atoms with Crippen molar-refractivity contribution in [3.8, 4) is 0 Å². The first-order chi connectivity index (χ1) is 8.88. The molecule has 7 nitrogen and oxygen atoms in total. The van der Waals surface area contributed by atoms with E-state index in [-0.39, 0.29) is 29.1 Å². The van der Waals surface area contributed by atoms with Gasteiger partial charge in [0.1, 0.15) is 0 Å². The van der Waals surface area contributed by atoms with E-state index in [0.717, 1.165) is 4.90 Å². The van der Waals surface area contributed by atoms with E-state index in [9.17, 15) is 18.0 Å². The van der Waals surface area contributed by atoms with Crippen molar-refractivity contribution in [2.45, 2.75) is 4.90 Å². The van der Waals surface area contributed by atoms with Crippen molar-refractivity contribution >= 4 is 21.8 Å². The Labute approximate surface area is 110 Å². The molecule has 0 saturated heterocycles. The largest absolute Gasteiger partial charge is 0.329 e. The summed E-state index contributed by atoms with van der Waals surface area (Å²) in [6.07, 6.45) is 0. The first kappa shape index (κ1) is 13.7. The smallest absolute Gasteiger partial charge is 0.261 e. The van der Waals surface area contributed by atoms with Gasteiger partial charge in [-0.25, -0.2) is 13.1 Å². The van der Waals surface area contributed by atoms with Gasteiger partial charge < -0.3 is 5.73 Å². The third kappa shape index (κ3) is 2.25. The number of imide groups is 1. The minimum Gasteiger partial charge on any atom is -0.329 e. The summed E-state index contributed by atoms with van der Waals surface area (Å²) in [4.78, 5) is 24.3. The fraction of sp³-hybridized carbons (Fsp3) is 0.273. The van der Waals surface area contributed by atoms with Gasteiger partial charge in [-0.2, -0.15) is 0 Å². The van der Waals surface area contributed by atoms with Crippen molar-refractivity contribution < 1.29 is 18.0 Å². The molecule has 0 spiro atoms. The lowest BCUT2D eigenvalue weighted by Gasteiger charge is -2.06. The van der Waals surface area contributed by atoms with Gasteiger partial charge in [-0.05, 0) is 18.2 Å². The normalized spacial score (nSPS) is 14.9. The van der Waals surface area contributed by atoms with Crippen LogP contribution < -0.4 is 10.5 Å². The number of hydrogen-bond donors (Lipinski definition) is 2. The Hall–Kier alpha value is -1.77. The molecule has 1 aliphatic rings. The van der Waals surface area contributed by atoms with Crippen molar-refractivity contribution in [1.29, 1.82) is 0 Å². The molecular formula is C11H13N3O4S. The van der Waals surface area contributed by atoms with Crippen molar-refractivity contribution in [2.75, 3.05) is 20.1 Å². The lowest BCUT2D eigenvalue weighted by molar-refractivity contribution is 0.0693. The van der Waals surface area contributed by atoms with Crippen LogP contribution in [-0.4, -0.2) is 45.3 Å². The maximum atomic E-state index is 11.9. The number of fused-ring (bicyclic) bond motifs is 1. The summed E-state index contributed by atoms with van der Waals surface area (Å²) in [6.45, 7) is 0.274. The van der Waals surface area contributed by atoms with Crippen molar-refractivity contribution in [3.63, 3.8) is 0 Å². The number of nitrogens with one attached hydrogen (secondary N) is 1. The zero-order chi connectivity index (χ0) is 14.2. The van der Waals surface area contributed by atoms with Crippen LogP contribution in [0.3, 0.4) is 0 Å². The van der Waals surface area contributed by atoms with Crippen LogP contribution in [-0.2, 0) is 10.0 Å². The molecule has 2 amide bonds. The van der Waals surface area contributed by atoms with Gasteiger partial charge in [0.05, 0.1) is 16.0 Å². The van der Waals surface area contributed by atoms with Gasteiger partial charge in [0, 0.05) is 20.1 Å². The maximum absolute atomic E-state index is 11.9. The highest BCUT2D eigenvalue weighted by molar-refractivity contribution is 7.89. The summed E-state index contributed by atoms with van der Waals surface area (Å²) in [5.41, 5.74) is 5.54. The summed E-state index contributed by atoms with van der Waals surface area (Å²) >= 11 is 0. The van der Waals surface area contributed by atoms with Gasteiger partial charge in [-0.3, -0.25) is 14.5 Å². The van der Waals surface area contributed by atoms with Gasteiger partial charge in [0.15, 0.2) is 0 Å². The molecule has 0 saturated carbocycles. The van der Waals surface area contributed by atoms with Crippen LogP contribution in [0.4, 0.5) is 0 Å². The highest BCUT2D eigenvalue weighted by Gasteiger charge is 2.33. The Kier molecular flexibility index (Phi) is 3.40. The fourth-order valence-electron chi connectivity index (χ4n) is 1.78. The Morgan fingerprint density at radius 3 is 2.47 bits per heavy atom. The first-order valence-electron chi connectivity index (χ1n) is 5.54. The Morgan fingerprint density at radius 1 is 1.21 bits per heavy atom. The molecule has 0 aliphatic carbocycles. The second kappa shape index (κ2) is 4.72. The van der Waals surface area contributed by atoms with E-state index in [4.69, 9.17) is 5.73 Å². The maximum Gasteiger partial charge on any atom is 0.261 e. The van der Waals surface area contributed by atoms with E-state index < -0.39 is 21.8 Å². The number of amides is 2. The number of rotatable bonds is 4. The lowest BCUT2D eigenvalue weighted by atomic mass is 10.1. The molecular weight excluding hydrogens is 270 g/mol. The van der Waals surface area contributed by atoms with E-state index in [1.807, 2.05) is 0 Å². The molecule has 0 bridgehead atoms. The number of nitrogens with two attached hydrogens (primary N) is 1. The molecule has 0 fully saturated rings. The van der Waals surface area contributed by atoms with Gasteiger partial charge in [-0.15, -0.1) is 0 Å². The van der Waals surface area contributed by atoms with Crippen LogP contribution in [0.15, 0.2) is 23.1 Å². The molecule has 1 heterocycles. The molecule has 0 radical (unpaired) electrons. The number of benzene rings is 1. The molecule has 19 heavy (non-hydrogen) atoms. The van der Waals surface area contributed by atoms with Crippen molar-refractivity contribution in [3.05, 3.63) is 29.3 Å². The van der Waals surface area contributed by atoms with E-state index in [1.54, 1.807) is 0 Å². The predicted octanol–water partition coefficient (Wildman–Crippen LogP) is -0.851. The van der Waals surface area contributed by atoms with Crippen molar-refractivity contribution in [2.24, 2.45) is 5.73 Å². The number of sulfonamides is 1. The Morgan fingerprint density at radius 2 is 1.84 bits per heavy atom. The second-order valence-electron chi connectivity index (χ2n) is 4.06. The van der Waals surface area contributed by atoms with Crippen LogP contribution in [0.2, 0.25) is 0 Å². The zero-order valence-corrected chi connectivity index (χ0v) is 11.0. The number of nitrogens with zero attached hydrogens (tertiary/aromatic N) is 1. The molecule has 8 heteroatoms. The number of carbonyl (C=O) groups excluding carboxylic acids is 2. The number of hydrogen-bond acceptors (Lipinski definition) is 5. The van der Waals surface area contributed by atoms with Crippen LogP contribution in [0.1, 0.15) is 20.7 Å². The highest BCUT2D eigenvalue weighted by atomic mass is 32.2. The summed E-state index contributed by atoms with van der Waals surface area (Å²) < 4.78 is 26.1. The molecule has 0 unspecified atom stereocenters. The van der Waals surface area contributed by atoms with Gasteiger partial charge in [0.2, 0.25) is 10.0 Å². The monoisotopic (exact) mass is 283 g/mol. The molecule has 0 aromatic heterocycles. The minimum absolute atomic E-state index is 0.0591. The minimum atomic E-state index is -3.71. The molecule has 1 aliphatic heterocycles. The van der Waals surface area contributed by atoms with Crippen LogP contribution in [0.5, 0.6) is 0 Å². The third-order valence-electron chi connectivity index (χ3n) is 2.81. The third-order valence-corrected chi connectivity index (χ3v) is 4.27. The Balaban J connectivity index is 2.44. The standard InChI is InChI=1S/C11H13N3O4S/c1-14-10(15)8-3-2-7(6-9(8)11(14)16)19(17,18)13-5-4-12/h2-3,6,13H,4-5,12H2,1H3. The zero-order valence-electron chi connectivity index (χ0n) is 10.2. The predicted molar refractivity (Wildman–Crippen MR) is 67.1 cm³/mol. The average molecular weight is 283 g/mol. The molecule has 102 valence electrons. The summed E-state index contributed by atoms with van der Waals surface area (Å²) in [5.74, 6) is -0.935. The van der Waals surface area contributed by atoms with E-state index in [0.29, 0.717) is 0 Å². The number of carbonyl (C=O) groups is 2. The van der Waals surface area contributed by atoms with Crippen LogP contribution in [0, 0.1) is 0 Å². The molecule has 3 N–H and O–H groups in total. The van der Waals surface area contributed by atoms with Crippen LogP contribution in [0.25, 0.3) is 0 Å². The average Bonchev–Trinajstić information content (AvgIpc) is 2.61. The second-order valence-corrected chi connectivity index (χ2v) is 5.83. The summed E-state index contributed by atoms with van der Waals surface area (Å²) in [7, 11) is -2.36. The molecule has 0 atom stereocenters. The fourth-order valence-corrected chi connectivity index (χ4v) is 2.86. The molecule has 1 aromatic carbocycles. The molecule has 2 rings (SSSR count). The lowest BCUT2D eigenvalue weighted by Crippen LogP contribution is -2.29. The topological polar surface area (TPSA) is 110 Å². The van der Waals surface area contributed by atoms with Gasteiger partial charge >= 0.3 is 0 Å². The first-order valence-corrected chi connectivity index (χ1v) is 7.03. The highest BCUT2D eigenvalue weighted by Crippen LogP contribution is 2.24. The van der Waals surface area contributed by atoms with Gasteiger partial charge in [-0.1, -0.05) is 0 Å². The summed E-state index contributed by atoms with van der Waals surface area (Å²) in [6, 6.07) is 3.84. The van der Waals surface area contributed by atoms with Crippen molar-refractivity contribution in [1.82, 2.24) is 9.62 Å². The van der Waals surface area contributed by atoms with E-state index in [1.165, 1.54) is 25.2 Å².